The van der Waals surface area contributed by atoms with Crippen molar-refractivity contribution in [2.24, 2.45) is 0 Å². The number of Topliss-reactive ketones (excluding diaryl/α,β-unsaturated/α-hetero) is 1. The molecule has 1 N–H and O–H groups in total. The molecule has 9 heteroatoms. The van der Waals surface area contributed by atoms with Gasteiger partial charge in [0, 0.05) is 30.6 Å². The Bertz CT molecular complexity index is 933. The van der Waals surface area contributed by atoms with Crippen molar-refractivity contribution in [2.75, 3.05) is 19.5 Å². The quantitative estimate of drug-likeness (QED) is 0.468. The molecule has 1 aromatic carbocycles. The zero-order valence-corrected chi connectivity index (χ0v) is 16.2. The number of ketones is 1. The van der Waals surface area contributed by atoms with Gasteiger partial charge in [0.1, 0.15) is 5.75 Å². The van der Waals surface area contributed by atoms with Crippen LogP contribution in [-0.2, 0) is 11.3 Å². The van der Waals surface area contributed by atoms with E-state index in [0.717, 1.165) is 11.4 Å². The summed E-state index contributed by atoms with van der Waals surface area (Å²) in [7, 11) is 1.66. The van der Waals surface area contributed by atoms with Crippen molar-refractivity contribution in [2.45, 2.75) is 25.5 Å². The molecule has 27 heavy (non-hydrogen) atoms. The molecule has 0 saturated heterocycles. The van der Waals surface area contributed by atoms with E-state index < -0.39 is 0 Å². The lowest BCUT2D eigenvalue weighted by atomic mass is 10.2. The fourth-order valence-corrected chi connectivity index (χ4v) is 3.62. The van der Waals surface area contributed by atoms with Crippen LogP contribution in [-0.4, -0.2) is 55.1 Å². The molecule has 0 spiro atoms. The molecule has 0 fully saturated rings. The molecule has 0 unspecified atom stereocenters. The molecule has 2 aromatic heterocycles. The number of tetrazole rings is 1. The number of ether oxygens (including phenoxy) is 1. The van der Waals surface area contributed by atoms with Crippen molar-refractivity contribution in [3.63, 3.8) is 0 Å². The third kappa shape index (κ3) is 4.20. The lowest BCUT2D eigenvalue weighted by Gasteiger charge is -2.08. The van der Waals surface area contributed by atoms with Gasteiger partial charge in [-0.05, 0) is 54.6 Å². The molecule has 0 amide bonds. The van der Waals surface area contributed by atoms with E-state index in [1.165, 1.54) is 11.8 Å². The van der Waals surface area contributed by atoms with Crippen LogP contribution in [0.3, 0.4) is 0 Å². The number of methoxy groups -OCH3 is 1. The third-order valence-electron chi connectivity index (χ3n) is 4.26. The van der Waals surface area contributed by atoms with Crippen molar-refractivity contribution in [3.05, 3.63) is 47.3 Å². The first-order valence-electron chi connectivity index (χ1n) is 8.40. The second kappa shape index (κ2) is 8.36. The average molecular weight is 387 g/mol. The molecular formula is C18H21N5O3S. The average Bonchev–Trinajstić information content (AvgIpc) is 3.23. The topological polar surface area (TPSA) is 95.1 Å². The molecule has 142 valence electrons. The molecule has 0 atom stereocenters. The van der Waals surface area contributed by atoms with Gasteiger partial charge in [0.15, 0.2) is 5.78 Å². The van der Waals surface area contributed by atoms with Gasteiger partial charge in [-0.25, -0.2) is 0 Å². The summed E-state index contributed by atoms with van der Waals surface area (Å²) in [6.07, 6.45) is 0. The number of benzene rings is 1. The SMILES string of the molecule is COCCn1c(C)cc(C(=O)CSc2nnnn2-c2ccc(O)cc2)c1C. The minimum Gasteiger partial charge on any atom is -0.508 e. The Kier molecular flexibility index (Phi) is 5.92. The molecular weight excluding hydrogens is 366 g/mol. The van der Waals surface area contributed by atoms with Crippen molar-refractivity contribution in [1.82, 2.24) is 24.8 Å². The molecule has 8 nitrogen and oxygen atoms in total. The fourth-order valence-electron chi connectivity index (χ4n) is 2.84. The zero-order chi connectivity index (χ0) is 19.4. The third-order valence-corrected chi connectivity index (χ3v) is 5.18. The first kappa shape index (κ1) is 19.1. The summed E-state index contributed by atoms with van der Waals surface area (Å²) in [6.45, 7) is 5.24. The molecule has 0 bridgehead atoms. The summed E-state index contributed by atoms with van der Waals surface area (Å²) in [6, 6.07) is 8.45. The number of aromatic nitrogens is 5. The molecule has 3 rings (SSSR count). The summed E-state index contributed by atoms with van der Waals surface area (Å²) in [5.74, 6) is 0.421. The largest absolute Gasteiger partial charge is 0.508 e. The normalized spacial score (nSPS) is 11.1. The molecule has 0 saturated carbocycles. The maximum absolute atomic E-state index is 12.7. The molecule has 0 aliphatic carbocycles. The predicted octanol–water partition coefficient (Wildman–Crippen LogP) is 2.41. The summed E-state index contributed by atoms with van der Waals surface area (Å²) < 4.78 is 8.76. The zero-order valence-electron chi connectivity index (χ0n) is 15.4. The molecule has 0 radical (unpaired) electrons. The van der Waals surface area contributed by atoms with Crippen LogP contribution in [0.4, 0.5) is 0 Å². The maximum Gasteiger partial charge on any atom is 0.214 e. The van der Waals surface area contributed by atoms with Crippen molar-refractivity contribution >= 4 is 17.5 Å². The summed E-state index contributed by atoms with van der Waals surface area (Å²) in [5, 5.41) is 21.6. The highest BCUT2D eigenvalue weighted by Gasteiger charge is 2.18. The molecule has 3 aromatic rings. The number of rotatable bonds is 8. The van der Waals surface area contributed by atoms with Crippen LogP contribution in [0.15, 0.2) is 35.5 Å². The standard InChI is InChI=1S/C18H21N5O3S/c1-12-10-16(13(2)22(12)8-9-26-3)17(25)11-27-18-19-20-21-23(18)14-4-6-15(24)7-5-14/h4-7,10,24H,8-9,11H2,1-3H3. The van der Waals surface area contributed by atoms with E-state index in [2.05, 4.69) is 20.1 Å². The summed E-state index contributed by atoms with van der Waals surface area (Å²) in [5.41, 5.74) is 3.39. The van der Waals surface area contributed by atoms with Crippen LogP contribution in [0.25, 0.3) is 5.69 Å². The number of aromatic hydroxyl groups is 1. The van der Waals surface area contributed by atoms with Gasteiger partial charge in [-0.15, -0.1) is 5.10 Å². The lowest BCUT2D eigenvalue weighted by molar-refractivity contribution is 0.102. The summed E-state index contributed by atoms with van der Waals surface area (Å²) >= 11 is 1.28. The second-order valence-corrected chi connectivity index (χ2v) is 6.97. The van der Waals surface area contributed by atoms with E-state index in [4.69, 9.17) is 4.74 Å². The van der Waals surface area contributed by atoms with Crippen LogP contribution in [0, 0.1) is 13.8 Å². The Hall–Kier alpha value is -2.65. The van der Waals surface area contributed by atoms with Gasteiger partial charge >= 0.3 is 0 Å². The molecule has 2 heterocycles. The number of aryl methyl sites for hydroxylation is 1. The first-order chi connectivity index (χ1) is 13.0. The van der Waals surface area contributed by atoms with Gasteiger partial charge in [0.05, 0.1) is 18.0 Å². The number of phenolic OH excluding ortho intramolecular Hbond substituents is 1. The van der Waals surface area contributed by atoms with E-state index in [1.807, 2.05) is 19.9 Å². The van der Waals surface area contributed by atoms with Gasteiger partial charge in [-0.1, -0.05) is 11.8 Å². The lowest BCUT2D eigenvalue weighted by Crippen LogP contribution is -2.10. The van der Waals surface area contributed by atoms with Gasteiger partial charge in [-0.2, -0.15) is 4.68 Å². The minimum atomic E-state index is 0.0250. The fraction of sp³-hybridized carbons (Fsp3) is 0.333. The number of carbonyl (C=O) groups excluding carboxylic acids is 1. The number of carbonyl (C=O) groups is 1. The van der Waals surface area contributed by atoms with Gasteiger partial charge in [0.25, 0.3) is 0 Å². The number of phenols is 1. The van der Waals surface area contributed by atoms with Gasteiger partial charge in [0.2, 0.25) is 5.16 Å². The molecule has 0 aliphatic rings. The van der Waals surface area contributed by atoms with E-state index in [0.29, 0.717) is 29.6 Å². The summed E-state index contributed by atoms with van der Waals surface area (Å²) in [4.78, 5) is 12.7. The van der Waals surface area contributed by atoms with E-state index in [1.54, 1.807) is 36.1 Å². The number of nitrogens with zero attached hydrogens (tertiary/aromatic N) is 5. The Morgan fingerprint density at radius 2 is 2.00 bits per heavy atom. The Balaban J connectivity index is 1.72. The Labute approximate surface area is 161 Å². The highest BCUT2D eigenvalue weighted by Crippen LogP contribution is 2.23. The smallest absolute Gasteiger partial charge is 0.214 e. The van der Waals surface area contributed by atoms with Crippen molar-refractivity contribution in [3.8, 4) is 11.4 Å². The monoisotopic (exact) mass is 387 g/mol. The van der Waals surface area contributed by atoms with Crippen LogP contribution in [0.5, 0.6) is 5.75 Å². The van der Waals surface area contributed by atoms with Gasteiger partial charge in [-0.3, -0.25) is 4.79 Å². The van der Waals surface area contributed by atoms with Crippen molar-refractivity contribution in [1.29, 1.82) is 0 Å². The van der Waals surface area contributed by atoms with Crippen molar-refractivity contribution < 1.29 is 14.6 Å². The number of thioether (sulfide) groups is 1. The molecule has 0 aliphatic heterocycles. The predicted molar refractivity (Wildman–Crippen MR) is 102 cm³/mol. The Morgan fingerprint density at radius 3 is 2.70 bits per heavy atom. The maximum atomic E-state index is 12.7. The van der Waals surface area contributed by atoms with Crippen LogP contribution in [0.1, 0.15) is 21.7 Å². The number of hydrogen-bond donors (Lipinski definition) is 1. The highest BCUT2D eigenvalue weighted by atomic mass is 32.2. The second-order valence-electron chi connectivity index (χ2n) is 6.03. The van der Waals surface area contributed by atoms with E-state index >= 15 is 0 Å². The number of hydrogen-bond acceptors (Lipinski definition) is 7. The Morgan fingerprint density at radius 1 is 1.26 bits per heavy atom. The minimum absolute atomic E-state index is 0.0250. The highest BCUT2D eigenvalue weighted by molar-refractivity contribution is 7.99. The van der Waals surface area contributed by atoms with E-state index in [-0.39, 0.29) is 17.3 Å². The first-order valence-corrected chi connectivity index (χ1v) is 9.39. The van der Waals surface area contributed by atoms with Crippen LogP contribution >= 0.6 is 11.8 Å². The van der Waals surface area contributed by atoms with E-state index in [9.17, 15) is 9.90 Å². The van der Waals surface area contributed by atoms with Gasteiger partial charge < -0.3 is 14.4 Å². The van der Waals surface area contributed by atoms with Crippen LogP contribution in [0.2, 0.25) is 0 Å². The van der Waals surface area contributed by atoms with Crippen LogP contribution < -0.4 is 0 Å².